The number of hydrogen-bond donors (Lipinski definition) is 1. The summed E-state index contributed by atoms with van der Waals surface area (Å²) < 4.78 is 0. The summed E-state index contributed by atoms with van der Waals surface area (Å²) in [7, 11) is 0. The lowest BCUT2D eigenvalue weighted by atomic mass is 9.93. The van der Waals surface area contributed by atoms with Crippen molar-refractivity contribution in [2.75, 3.05) is 5.32 Å². The molecule has 2 aromatic heterocycles. The van der Waals surface area contributed by atoms with Crippen LogP contribution in [0.5, 0.6) is 0 Å². The van der Waals surface area contributed by atoms with Gasteiger partial charge in [0, 0.05) is 16.4 Å². The Labute approximate surface area is 149 Å². The molecule has 6 heteroatoms. The monoisotopic (exact) mass is 357 g/mol. The quantitative estimate of drug-likeness (QED) is 0.707. The third kappa shape index (κ3) is 3.55. The second-order valence-corrected chi connectivity index (χ2v) is 8.58. The van der Waals surface area contributed by atoms with Gasteiger partial charge in [0.1, 0.15) is 4.88 Å². The van der Waals surface area contributed by atoms with Gasteiger partial charge in [-0.05, 0) is 6.92 Å². The molecule has 24 heavy (non-hydrogen) atoms. The van der Waals surface area contributed by atoms with Crippen LogP contribution in [0.1, 0.15) is 41.1 Å². The lowest BCUT2D eigenvalue weighted by molar-refractivity contribution is 0.103. The minimum Gasteiger partial charge on any atom is -0.297 e. The Morgan fingerprint density at radius 3 is 2.46 bits per heavy atom. The molecule has 3 aromatic rings. The zero-order valence-corrected chi connectivity index (χ0v) is 15.7. The van der Waals surface area contributed by atoms with Crippen LogP contribution >= 0.6 is 22.7 Å². The minimum absolute atomic E-state index is 0.0320. The Bertz CT molecular complexity index is 860. The fourth-order valence-electron chi connectivity index (χ4n) is 2.20. The molecular weight excluding hydrogens is 338 g/mol. The molecule has 0 unspecified atom stereocenters. The van der Waals surface area contributed by atoms with Crippen LogP contribution in [0.15, 0.2) is 35.7 Å². The maximum absolute atomic E-state index is 12.7. The van der Waals surface area contributed by atoms with Gasteiger partial charge < -0.3 is 0 Å². The molecule has 0 atom stereocenters. The van der Waals surface area contributed by atoms with Gasteiger partial charge in [0.05, 0.1) is 16.4 Å². The summed E-state index contributed by atoms with van der Waals surface area (Å²) in [6, 6.07) is 9.77. The predicted molar refractivity (Wildman–Crippen MR) is 101 cm³/mol. The van der Waals surface area contributed by atoms with Gasteiger partial charge in [-0.3, -0.25) is 10.1 Å². The second kappa shape index (κ2) is 6.45. The lowest BCUT2D eigenvalue weighted by Gasteiger charge is -2.14. The number of nitrogens with zero attached hydrogens (tertiary/aromatic N) is 2. The molecule has 124 valence electrons. The molecule has 0 aliphatic carbocycles. The van der Waals surface area contributed by atoms with Gasteiger partial charge in [-0.25, -0.2) is 9.97 Å². The number of rotatable bonds is 3. The Morgan fingerprint density at radius 1 is 1.12 bits per heavy atom. The molecule has 0 saturated heterocycles. The number of benzene rings is 1. The summed E-state index contributed by atoms with van der Waals surface area (Å²) in [5.41, 5.74) is 2.62. The molecule has 2 heterocycles. The van der Waals surface area contributed by atoms with Gasteiger partial charge in [0.25, 0.3) is 5.91 Å². The molecule has 0 spiro atoms. The standard InChI is InChI=1S/C18H19N3OS2/c1-11-19-14(12-8-6-5-7-9-12)15(24-11)16(22)21-17-20-13(10-23-17)18(2,3)4/h5-10H,1-4H3,(H,20,21,22). The number of amides is 1. The normalized spacial score (nSPS) is 11.5. The highest BCUT2D eigenvalue weighted by molar-refractivity contribution is 7.15. The van der Waals surface area contributed by atoms with Gasteiger partial charge in [-0.2, -0.15) is 0 Å². The van der Waals surface area contributed by atoms with Crippen molar-refractivity contribution in [1.82, 2.24) is 9.97 Å². The van der Waals surface area contributed by atoms with Gasteiger partial charge in [0.2, 0.25) is 0 Å². The number of hydrogen-bond acceptors (Lipinski definition) is 5. The highest BCUT2D eigenvalue weighted by Gasteiger charge is 2.21. The highest BCUT2D eigenvalue weighted by Crippen LogP contribution is 2.30. The molecule has 0 fully saturated rings. The Hall–Kier alpha value is -2.05. The van der Waals surface area contributed by atoms with Crippen LogP contribution in [0.3, 0.4) is 0 Å². The molecule has 4 nitrogen and oxygen atoms in total. The van der Waals surface area contributed by atoms with Crippen molar-refractivity contribution in [1.29, 1.82) is 0 Å². The average molecular weight is 358 g/mol. The van der Waals surface area contributed by atoms with Crippen molar-refractivity contribution in [3.8, 4) is 11.3 Å². The van der Waals surface area contributed by atoms with Crippen LogP contribution in [-0.2, 0) is 5.41 Å². The lowest BCUT2D eigenvalue weighted by Crippen LogP contribution is -2.14. The molecule has 0 aliphatic rings. The molecule has 0 radical (unpaired) electrons. The fourth-order valence-corrected chi connectivity index (χ4v) is 3.97. The number of nitrogens with one attached hydrogen (secondary N) is 1. The molecule has 3 rings (SSSR count). The van der Waals surface area contributed by atoms with E-state index in [2.05, 4.69) is 36.1 Å². The number of aromatic nitrogens is 2. The van der Waals surface area contributed by atoms with E-state index in [9.17, 15) is 4.79 Å². The molecule has 1 amide bonds. The Morgan fingerprint density at radius 2 is 1.83 bits per heavy atom. The van der Waals surface area contributed by atoms with Gasteiger partial charge in [-0.1, -0.05) is 51.1 Å². The maximum Gasteiger partial charge on any atom is 0.269 e. The first-order valence-corrected chi connectivity index (χ1v) is 9.34. The van der Waals surface area contributed by atoms with Crippen molar-refractivity contribution in [2.45, 2.75) is 33.1 Å². The minimum atomic E-state index is -0.158. The summed E-state index contributed by atoms with van der Waals surface area (Å²) in [5, 5.41) is 6.39. The maximum atomic E-state index is 12.7. The Kier molecular flexibility index (Phi) is 4.51. The van der Waals surface area contributed by atoms with E-state index in [-0.39, 0.29) is 11.3 Å². The SMILES string of the molecule is Cc1nc(-c2ccccc2)c(C(=O)Nc2nc(C(C)(C)C)cs2)s1. The predicted octanol–water partition coefficient (Wildman–Crippen LogP) is 5.12. The fraction of sp³-hybridized carbons (Fsp3) is 0.278. The van der Waals surface area contributed by atoms with Crippen LogP contribution < -0.4 is 5.32 Å². The zero-order valence-electron chi connectivity index (χ0n) is 14.1. The molecule has 1 aromatic carbocycles. The van der Waals surface area contributed by atoms with Crippen molar-refractivity contribution in [3.63, 3.8) is 0 Å². The first-order valence-electron chi connectivity index (χ1n) is 7.65. The van der Waals surface area contributed by atoms with Crippen LogP contribution in [0.4, 0.5) is 5.13 Å². The van der Waals surface area contributed by atoms with Crippen molar-refractivity contribution in [2.24, 2.45) is 0 Å². The second-order valence-electron chi connectivity index (χ2n) is 6.52. The van der Waals surface area contributed by atoms with E-state index in [0.717, 1.165) is 22.0 Å². The molecule has 1 N–H and O–H groups in total. The first-order chi connectivity index (χ1) is 11.3. The number of thiazole rings is 2. The van der Waals surface area contributed by atoms with Crippen LogP contribution in [0.25, 0.3) is 11.3 Å². The molecule has 0 saturated carbocycles. The van der Waals surface area contributed by atoms with Gasteiger partial charge >= 0.3 is 0 Å². The molecule has 0 bridgehead atoms. The summed E-state index contributed by atoms with van der Waals surface area (Å²) in [5.74, 6) is -0.158. The van der Waals surface area contributed by atoms with Crippen molar-refractivity contribution >= 4 is 33.7 Å². The summed E-state index contributed by atoms with van der Waals surface area (Å²) in [6.07, 6.45) is 0. The number of carbonyl (C=O) groups excluding carboxylic acids is 1. The van der Waals surface area contributed by atoms with Crippen molar-refractivity contribution < 1.29 is 4.79 Å². The van der Waals surface area contributed by atoms with E-state index < -0.39 is 0 Å². The van der Waals surface area contributed by atoms with E-state index in [1.165, 1.54) is 22.7 Å². The summed E-state index contributed by atoms with van der Waals surface area (Å²) in [4.78, 5) is 22.4. The summed E-state index contributed by atoms with van der Waals surface area (Å²) >= 11 is 2.85. The number of anilines is 1. The van der Waals surface area contributed by atoms with Crippen LogP contribution in [0, 0.1) is 6.92 Å². The average Bonchev–Trinajstić information content (AvgIpc) is 3.14. The Balaban J connectivity index is 1.87. The third-order valence-corrected chi connectivity index (χ3v) is 5.21. The zero-order chi connectivity index (χ0) is 17.3. The first kappa shape index (κ1) is 16.8. The topological polar surface area (TPSA) is 54.9 Å². The summed E-state index contributed by atoms with van der Waals surface area (Å²) in [6.45, 7) is 8.23. The number of carbonyl (C=O) groups is 1. The van der Waals surface area contributed by atoms with E-state index in [0.29, 0.717) is 10.0 Å². The largest absolute Gasteiger partial charge is 0.297 e. The van der Waals surface area contributed by atoms with Crippen LogP contribution in [0.2, 0.25) is 0 Å². The molecular formula is C18H19N3OS2. The smallest absolute Gasteiger partial charge is 0.269 e. The van der Waals surface area contributed by atoms with E-state index >= 15 is 0 Å². The molecule has 0 aliphatic heterocycles. The van der Waals surface area contributed by atoms with Crippen molar-refractivity contribution in [3.05, 3.63) is 51.3 Å². The van der Waals surface area contributed by atoms with E-state index in [4.69, 9.17) is 0 Å². The van der Waals surface area contributed by atoms with Gasteiger partial charge in [0.15, 0.2) is 5.13 Å². The van der Waals surface area contributed by atoms with Crippen LogP contribution in [-0.4, -0.2) is 15.9 Å². The number of aryl methyl sites for hydroxylation is 1. The van der Waals surface area contributed by atoms with E-state index in [1.807, 2.05) is 42.6 Å². The van der Waals surface area contributed by atoms with Gasteiger partial charge in [-0.15, -0.1) is 22.7 Å². The third-order valence-electron chi connectivity index (χ3n) is 3.48. The van der Waals surface area contributed by atoms with E-state index in [1.54, 1.807) is 0 Å². The highest BCUT2D eigenvalue weighted by atomic mass is 32.1.